The van der Waals surface area contributed by atoms with Crippen molar-refractivity contribution in [3.63, 3.8) is 0 Å². The lowest BCUT2D eigenvalue weighted by Gasteiger charge is -2.13. The fraction of sp³-hybridized carbons (Fsp3) is 0.500. The third-order valence-corrected chi connectivity index (χ3v) is 2.36. The predicted octanol–water partition coefficient (Wildman–Crippen LogP) is 2.21. The van der Waals surface area contributed by atoms with Crippen molar-refractivity contribution >= 4 is 0 Å². The van der Waals surface area contributed by atoms with Crippen molar-refractivity contribution in [2.45, 2.75) is 31.7 Å². The maximum Gasteiger partial charge on any atom is 0.103 e. The number of rotatable bonds is 6. The first-order valence-electron chi connectivity index (χ1n) is 5.00. The molecule has 0 amide bonds. The van der Waals surface area contributed by atoms with Crippen molar-refractivity contribution in [1.82, 2.24) is 5.32 Å². The zero-order chi connectivity index (χ0) is 10.2. The second-order valence-corrected chi connectivity index (χ2v) is 3.35. The highest BCUT2D eigenvalue weighted by Gasteiger charge is 2.06. The molecule has 1 N–H and O–H groups in total. The quantitative estimate of drug-likeness (QED) is 0.697. The van der Waals surface area contributed by atoms with Gasteiger partial charge in [0.15, 0.2) is 0 Å². The van der Waals surface area contributed by atoms with Gasteiger partial charge in [-0.15, -0.1) is 12.3 Å². The number of terminal acetylenes is 1. The monoisotopic (exact) mass is 191 g/mol. The smallest absolute Gasteiger partial charge is 0.103 e. The molecule has 0 aliphatic rings. The van der Waals surface area contributed by atoms with E-state index in [0.29, 0.717) is 6.04 Å². The summed E-state index contributed by atoms with van der Waals surface area (Å²) >= 11 is 0. The van der Waals surface area contributed by atoms with Crippen LogP contribution < -0.4 is 5.32 Å². The number of furan rings is 1. The van der Waals surface area contributed by atoms with E-state index < -0.39 is 0 Å². The molecule has 1 unspecified atom stereocenters. The zero-order valence-electron chi connectivity index (χ0n) is 8.62. The Hall–Kier alpha value is -1.20. The van der Waals surface area contributed by atoms with Gasteiger partial charge in [-0.2, -0.15) is 0 Å². The lowest BCUT2D eigenvalue weighted by Crippen LogP contribution is -2.25. The first-order valence-corrected chi connectivity index (χ1v) is 5.00. The van der Waals surface area contributed by atoms with Crippen LogP contribution in [-0.4, -0.2) is 13.1 Å². The highest BCUT2D eigenvalue weighted by Crippen LogP contribution is 2.08. The number of hydrogen-bond donors (Lipinski definition) is 1. The molecule has 1 rings (SSSR count). The Morgan fingerprint density at radius 1 is 1.57 bits per heavy atom. The van der Waals surface area contributed by atoms with E-state index in [-0.39, 0.29) is 0 Å². The molecule has 0 saturated carbocycles. The third-order valence-electron chi connectivity index (χ3n) is 2.36. The Morgan fingerprint density at radius 2 is 2.43 bits per heavy atom. The highest BCUT2D eigenvalue weighted by atomic mass is 16.3. The van der Waals surface area contributed by atoms with E-state index in [1.807, 2.05) is 19.2 Å². The van der Waals surface area contributed by atoms with Gasteiger partial charge in [0.05, 0.1) is 6.26 Å². The van der Waals surface area contributed by atoms with Gasteiger partial charge in [-0.1, -0.05) is 0 Å². The van der Waals surface area contributed by atoms with Crippen LogP contribution in [0.15, 0.2) is 22.8 Å². The van der Waals surface area contributed by atoms with Crippen LogP contribution in [0.5, 0.6) is 0 Å². The normalized spacial score (nSPS) is 12.3. The largest absolute Gasteiger partial charge is 0.469 e. The maximum absolute atomic E-state index is 5.26. The Bertz CT molecular complexity index is 271. The van der Waals surface area contributed by atoms with Gasteiger partial charge in [-0.05, 0) is 32.0 Å². The van der Waals surface area contributed by atoms with Crippen molar-refractivity contribution in [3.05, 3.63) is 24.2 Å². The van der Waals surface area contributed by atoms with Crippen LogP contribution in [0, 0.1) is 12.3 Å². The Balaban J connectivity index is 2.24. The van der Waals surface area contributed by atoms with Gasteiger partial charge in [0.25, 0.3) is 0 Å². The molecule has 1 aromatic heterocycles. The van der Waals surface area contributed by atoms with E-state index in [0.717, 1.165) is 31.4 Å². The fourth-order valence-electron chi connectivity index (χ4n) is 1.46. The number of nitrogens with one attached hydrogen (secondary N) is 1. The average Bonchev–Trinajstić information content (AvgIpc) is 2.71. The van der Waals surface area contributed by atoms with Gasteiger partial charge in [-0.25, -0.2) is 0 Å². The van der Waals surface area contributed by atoms with Gasteiger partial charge in [-0.3, -0.25) is 0 Å². The lowest BCUT2D eigenvalue weighted by atomic mass is 10.1. The maximum atomic E-state index is 5.26. The van der Waals surface area contributed by atoms with Gasteiger partial charge >= 0.3 is 0 Å². The molecule has 0 aliphatic heterocycles. The molecule has 0 bridgehead atoms. The van der Waals surface area contributed by atoms with Gasteiger partial charge in [0.1, 0.15) is 5.76 Å². The summed E-state index contributed by atoms with van der Waals surface area (Å²) in [4.78, 5) is 0. The molecule has 0 aromatic carbocycles. The second-order valence-electron chi connectivity index (χ2n) is 3.35. The van der Waals surface area contributed by atoms with E-state index >= 15 is 0 Å². The molecule has 1 heterocycles. The van der Waals surface area contributed by atoms with Crippen LogP contribution in [0.4, 0.5) is 0 Å². The van der Waals surface area contributed by atoms with E-state index in [1.165, 1.54) is 0 Å². The molecule has 2 heteroatoms. The molecule has 0 saturated heterocycles. The molecule has 0 aliphatic carbocycles. The van der Waals surface area contributed by atoms with Gasteiger partial charge in [0, 0.05) is 18.9 Å². The summed E-state index contributed by atoms with van der Waals surface area (Å²) in [6.45, 7) is 0. The van der Waals surface area contributed by atoms with E-state index in [9.17, 15) is 0 Å². The molecular formula is C12H17NO. The molecule has 14 heavy (non-hydrogen) atoms. The summed E-state index contributed by atoms with van der Waals surface area (Å²) in [7, 11) is 1.98. The summed E-state index contributed by atoms with van der Waals surface area (Å²) in [5.74, 6) is 3.71. The predicted molar refractivity (Wildman–Crippen MR) is 57.9 cm³/mol. The van der Waals surface area contributed by atoms with E-state index in [2.05, 4.69) is 11.2 Å². The first kappa shape index (κ1) is 10.9. The van der Waals surface area contributed by atoms with Crippen molar-refractivity contribution < 1.29 is 4.42 Å². The van der Waals surface area contributed by atoms with E-state index in [1.54, 1.807) is 6.26 Å². The molecular weight excluding hydrogens is 174 g/mol. The minimum Gasteiger partial charge on any atom is -0.469 e. The third kappa shape index (κ3) is 3.68. The first-order chi connectivity index (χ1) is 6.86. The van der Waals surface area contributed by atoms with Gasteiger partial charge < -0.3 is 9.73 Å². The van der Waals surface area contributed by atoms with Crippen LogP contribution in [0.3, 0.4) is 0 Å². The summed E-state index contributed by atoms with van der Waals surface area (Å²) in [5.41, 5.74) is 0. The fourth-order valence-corrected chi connectivity index (χ4v) is 1.46. The van der Waals surface area contributed by atoms with Crippen LogP contribution in [0.1, 0.15) is 25.0 Å². The standard InChI is InChI=1S/C12H17NO/c1-3-4-6-11(13-2)8-9-12-7-5-10-14-12/h1,5,7,10-11,13H,4,6,8-9H2,2H3. The molecule has 1 aromatic rings. The average molecular weight is 191 g/mol. The van der Waals surface area contributed by atoms with Crippen LogP contribution in [0.25, 0.3) is 0 Å². The Labute approximate surface area is 85.7 Å². The van der Waals surface area contributed by atoms with Gasteiger partial charge in [0.2, 0.25) is 0 Å². The zero-order valence-corrected chi connectivity index (χ0v) is 8.62. The molecule has 1 atom stereocenters. The molecule has 2 nitrogen and oxygen atoms in total. The topological polar surface area (TPSA) is 25.2 Å². The SMILES string of the molecule is C#CCCC(CCc1ccco1)NC. The van der Waals surface area contributed by atoms with Crippen molar-refractivity contribution in [3.8, 4) is 12.3 Å². The molecule has 76 valence electrons. The van der Waals surface area contributed by atoms with Crippen molar-refractivity contribution in [1.29, 1.82) is 0 Å². The van der Waals surface area contributed by atoms with Crippen LogP contribution in [-0.2, 0) is 6.42 Å². The second kappa shape index (κ2) is 6.28. The minimum atomic E-state index is 0.496. The number of hydrogen-bond acceptors (Lipinski definition) is 2. The van der Waals surface area contributed by atoms with Crippen molar-refractivity contribution in [2.24, 2.45) is 0 Å². The highest BCUT2D eigenvalue weighted by molar-refractivity contribution is 4.98. The summed E-state index contributed by atoms with van der Waals surface area (Å²) in [5, 5.41) is 3.26. The van der Waals surface area contributed by atoms with Crippen LogP contribution in [0.2, 0.25) is 0 Å². The summed E-state index contributed by atoms with van der Waals surface area (Å²) in [6.07, 6.45) is 10.9. The van der Waals surface area contributed by atoms with E-state index in [4.69, 9.17) is 10.8 Å². The van der Waals surface area contributed by atoms with Crippen LogP contribution >= 0.6 is 0 Å². The summed E-state index contributed by atoms with van der Waals surface area (Å²) in [6, 6.07) is 4.43. The minimum absolute atomic E-state index is 0.496. The Kier molecular flexibility index (Phi) is 4.88. The molecule has 0 fully saturated rings. The Morgan fingerprint density at radius 3 is 3.00 bits per heavy atom. The molecule has 0 radical (unpaired) electrons. The lowest BCUT2D eigenvalue weighted by molar-refractivity contribution is 0.449. The molecule has 0 spiro atoms. The van der Waals surface area contributed by atoms with Crippen molar-refractivity contribution in [2.75, 3.05) is 7.05 Å². The summed E-state index contributed by atoms with van der Waals surface area (Å²) < 4.78 is 5.26. The number of aryl methyl sites for hydroxylation is 1.